The van der Waals surface area contributed by atoms with Crippen LogP contribution in [0.5, 0.6) is 0 Å². The molecule has 19 heavy (non-hydrogen) atoms. The van der Waals surface area contributed by atoms with Gasteiger partial charge in [0.05, 0.1) is 5.92 Å². The summed E-state index contributed by atoms with van der Waals surface area (Å²) >= 11 is 5.81. The second-order valence-electron chi connectivity index (χ2n) is 4.84. The van der Waals surface area contributed by atoms with Crippen molar-refractivity contribution in [1.29, 1.82) is 0 Å². The first-order valence-corrected chi connectivity index (χ1v) is 6.51. The molecule has 2 N–H and O–H groups in total. The summed E-state index contributed by atoms with van der Waals surface area (Å²) in [5.74, 6) is -1.38. The Morgan fingerprint density at radius 2 is 2.16 bits per heavy atom. The van der Waals surface area contributed by atoms with E-state index in [1.165, 1.54) is 6.07 Å². The molecule has 5 nitrogen and oxygen atoms in total. The van der Waals surface area contributed by atoms with Gasteiger partial charge in [-0.25, -0.2) is 4.98 Å². The van der Waals surface area contributed by atoms with Crippen molar-refractivity contribution in [3.8, 4) is 0 Å². The monoisotopic (exact) mass is 282 g/mol. The highest BCUT2D eigenvalue weighted by molar-refractivity contribution is 6.29. The Bertz CT molecular complexity index is 498. The smallest absolute Gasteiger partial charge is 0.306 e. The van der Waals surface area contributed by atoms with Crippen molar-refractivity contribution in [2.75, 3.05) is 0 Å². The normalized spacial score (nSPS) is 22.2. The van der Waals surface area contributed by atoms with Crippen LogP contribution in [0.2, 0.25) is 5.15 Å². The minimum absolute atomic E-state index is 0.0825. The third kappa shape index (κ3) is 3.44. The molecule has 2 atom stereocenters. The predicted octanol–water partition coefficient (Wildman–Crippen LogP) is 2.03. The largest absolute Gasteiger partial charge is 0.481 e. The molecule has 0 spiro atoms. The van der Waals surface area contributed by atoms with Crippen LogP contribution in [-0.2, 0) is 4.79 Å². The third-order valence-corrected chi connectivity index (χ3v) is 3.50. The molecule has 102 valence electrons. The molecule has 1 aromatic rings. The van der Waals surface area contributed by atoms with Gasteiger partial charge in [-0.3, -0.25) is 9.59 Å². The van der Waals surface area contributed by atoms with E-state index in [4.69, 9.17) is 16.7 Å². The lowest BCUT2D eigenvalue weighted by Gasteiger charge is -2.12. The Morgan fingerprint density at radius 3 is 2.74 bits per heavy atom. The highest BCUT2D eigenvalue weighted by Gasteiger charge is 2.30. The molecule has 1 fully saturated rings. The van der Waals surface area contributed by atoms with Crippen LogP contribution in [0.4, 0.5) is 0 Å². The van der Waals surface area contributed by atoms with Crippen LogP contribution in [0, 0.1) is 12.8 Å². The van der Waals surface area contributed by atoms with Gasteiger partial charge < -0.3 is 10.4 Å². The molecule has 0 aromatic carbocycles. The lowest BCUT2D eigenvalue weighted by molar-refractivity contribution is -0.141. The zero-order valence-electron chi connectivity index (χ0n) is 10.5. The number of carbonyl (C=O) groups is 2. The minimum atomic E-state index is -0.792. The van der Waals surface area contributed by atoms with Gasteiger partial charge in [0.2, 0.25) is 0 Å². The van der Waals surface area contributed by atoms with Gasteiger partial charge in [-0.1, -0.05) is 11.6 Å². The van der Waals surface area contributed by atoms with Crippen molar-refractivity contribution in [1.82, 2.24) is 10.3 Å². The number of carboxylic acids is 1. The van der Waals surface area contributed by atoms with E-state index in [1.54, 1.807) is 13.0 Å². The topological polar surface area (TPSA) is 79.3 Å². The van der Waals surface area contributed by atoms with Crippen molar-refractivity contribution < 1.29 is 14.7 Å². The summed E-state index contributed by atoms with van der Waals surface area (Å²) in [6.07, 6.45) is 1.79. The number of carboxylic acid groups (broad SMARTS) is 1. The van der Waals surface area contributed by atoms with Gasteiger partial charge in [0, 0.05) is 17.3 Å². The number of carbonyl (C=O) groups excluding carboxylic acids is 1. The standard InChI is InChI=1S/C13H15ClN2O3/c1-7-4-9(6-11(14)15-7)12(17)16-10-3-2-8(5-10)13(18)19/h4,6,8,10H,2-3,5H2,1H3,(H,16,17)(H,18,19). The van der Waals surface area contributed by atoms with Crippen LogP contribution >= 0.6 is 11.6 Å². The summed E-state index contributed by atoms with van der Waals surface area (Å²) in [6, 6.07) is 3.08. The third-order valence-electron chi connectivity index (χ3n) is 3.30. The van der Waals surface area contributed by atoms with Gasteiger partial charge >= 0.3 is 5.97 Å². The van der Waals surface area contributed by atoms with E-state index in [0.29, 0.717) is 30.5 Å². The summed E-state index contributed by atoms with van der Waals surface area (Å²) < 4.78 is 0. The van der Waals surface area contributed by atoms with Crippen LogP contribution < -0.4 is 5.32 Å². The lowest BCUT2D eigenvalue weighted by Crippen LogP contribution is -2.33. The zero-order chi connectivity index (χ0) is 14.0. The molecule has 1 amide bonds. The Morgan fingerprint density at radius 1 is 1.42 bits per heavy atom. The Labute approximate surface area is 116 Å². The van der Waals surface area contributed by atoms with Crippen molar-refractivity contribution in [2.24, 2.45) is 5.92 Å². The molecule has 6 heteroatoms. The average Bonchev–Trinajstić information content (AvgIpc) is 2.76. The number of aliphatic carboxylic acids is 1. The second-order valence-corrected chi connectivity index (χ2v) is 5.23. The molecule has 0 saturated heterocycles. The number of hydrogen-bond donors (Lipinski definition) is 2. The fraction of sp³-hybridized carbons (Fsp3) is 0.462. The Hall–Kier alpha value is -1.62. The first-order valence-electron chi connectivity index (χ1n) is 6.13. The van der Waals surface area contributed by atoms with E-state index < -0.39 is 5.97 Å². The van der Waals surface area contributed by atoms with Crippen molar-refractivity contribution in [2.45, 2.75) is 32.2 Å². The Balaban J connectivity index is 2.00. The van der Waals surface area contributed by atoms with Gasteiger partial charge in [-0.2, -0.15) is 0 Å². The molecule has 2 rings (SSSR count). The van der Waals surface area contributed by atoms with E-state index in [9.17, 15) is 9.59 Å². The van der Waals surface area contributed by atoms with Crippen LogP contribution in [0.25, 0.3) is 0 Å². The first kappa shape index (κ1) is 13.8. The summed E-state index contributed by atoms with van der Waals surface area (Å²) in [6.45, 7) is 1.76. The summed E-state index contributed by atoms with van der Waals surface area (Å²) in [7, 11) is 0. The first-order chi connectivity index (χ1) is 8.95. The fourth-order valence-corrected chi connectivity index (χ4v) is 2.62. The number of nitrogens with zero attached hydrogens (tertiary/aromatic N) is 1. The molecule has 1 saturated carbocycles. The fourth-order valence-electron chi connectivity index (χ4n) is 2.36. The van der Waals surface area contributed by atoms with Crippen LogP contribution in [-0.4, -0.2) is 28.0 Å². The molecular weight excluding hydrogens is 268 g/mol. The summed E-state index contributed by atoms with van der Waals surface area (Å²) in [4.78, 5) is 26.9. The maximum Gasteiger partial charge on any atom is 0.306 e. The maximum atomic E-state index is 12.0. The lowest BCUT2D eigenvalue weighted by atomic mass is 10.1. The molecular formula is C13H15ClN2O3. The van der Waals surface area contributed by atoms with E-state index in [-0.39, 0.29) is 23.0 Å². The van der Waals surface area contributed by atoms with Gasteiger partial charge in [-0.05, 0) is 38.3 Å². The molecule has 1 aliphatic rings. The minimum Gasteiger partial charge on any atom is -0.481 e. The Kier molecular flexibility index (Phi) is 4.04. The van der Waals surface area contributed by atoms with Crippen molar-refractivity contribution in [3.05, 3.63) is 28.5 Å². The number of rotatable bonds is 3. The molecule has 2 unspecified atom stereocenters. The molecule has 1 aliphatic carbocycles. The molecule has 0 bridgehead atoms. The molecule has 0 aliphatic heterocycles. The number of amides is 1. The van der Waals surface area contributed by atoms with Gasteiger partial charge in [0.25, 0.3) is 5.91 Å². The van der Waals surface area contributed by atoms with Crippen LogP contribution in [0.3, 0.4) is 0 Å². The quantitative estimate of drug-likeness (QED) is 0.832. The number of hydrogen-bond acceptors (Lipinski definition) is 3. The van der Waals surface area contributed by atoms with Crippen LogP contribution in [0.1, 0.15) is 35.3 Å². The summed E-state index contributed by atoms with van der Waals surface area (Å²) in [5.41, 5.74) is 1.13. The van der Waals surface area contributed by atoms with Gasteiger partial charge in [-0.15, -0.1) is 0 Å². The van der Waals surface area contributed by atoms with Gasteiger partial charge in [0.1, 0.15) is 5.15 Å². The molecule has 0 radical (unpaired) electrons. The maximum absolute atomic E-state index is 12.0. The van der Waals surface area contributed by atoms with Crippen molar-refractivity contribution in [3.63, 3.8) is 0 Å². The number of aromatic nitrogens is 1. The van der Waals surface area contributed by atoms with E-state index in [1.807, 2.05) is 0 Å². The predicted molar refractivity (Wildman–Crippen MR) is 70.2 cm³/mol. The molecule has 1 aromatic heterocycles. The van der Waals surface area contributed by atoms with Crippen molar-refractivity contribution >= 4 is 23.5 Å². The number of halogens is 1. The highest BCUT2D eigenvalue weighted by atomic mass is 35.5. The van der Waals surface area contributed by atoms with Gasteiger partial charge in [0.15, 0.2) is 0 Å². The van der Waals surface area contributed by atoms with E-state index in [0.717, 1.165) is 0 Å². The SMILES string of the molecule is Cc1cc(C(=O)NC2CCC(C(=O)O)C2)cc(Cl)n1. The van der Waals surface area contributed by atoms with Crippen LogP contribution in [0.15, 0.2) is 12.1 Å². The average molecular weight is 283 g/mol. The number of pyridine rings is 1. The molecule has 1 heterocycles. The number of nitrogens with one attached hydrogen (secondary N) is 1. The summed E-state index contributed by atoms with van der Waals surface area (Å²) in [5, 5.41) is 12.0. The highest BCUT2D eigenvalue weighted by Crippen LogP contribution is 2.26. The number of aryl methyl sites for hydroxylation is 1. The van der Waals surface area contributed by atoms with E-state index >= 15 is 0 Å². The zero-order valence-corrected chi connectivity index (χ0v) is 11.3. The second kappa shape index (κ2) is 5.57. The van der Waals surface area contributed by atoms with E-state index in [2.05, 4.69) is 10.3 Å².